The number of aryl methyl sites for hydroxylation is 2. The van der Waals surface area contributed by atoms with Crippen LogP contribution in [-0.4, -0.2) is 45.5 Å². The van der Waals surface area contributed by atoms with Crippen molar-refractivity contribution in [1.29, 1.82) is 0 Å². The molecule has 3 aromatic heterocycles. The normalized spacial score (nSPS) is 20.0. The highest BCUT2D eigenvalue weighted by atomic mass is 32.1. The van der Waals surface area contributed by atoms with Crippen molar-refractivity contribution in [2.45, 2.75) is 44.4 Å². The second-order valence-electron chi connectivity index (χ2n) is 7.98. The van der Waals surface area contributed by atoms with E-state index in [4.69, 9.17) is 15.7 Å². The molecule has 1 aliphatic heterocycles. The summed E-state index contributed by atoms with van der Waals surface area (Å²) in [5.41, 5.74) is 7.24. The van der Waals surface area contributed by atoms with E-state index in [0.717, 1.165) is 37.1 Å². The summed E-state index contributed by atoms with van der Waals surface area (Å²) in [5, 5.41) is 2.27. The van der Waals surface area contributed by atoms with Crippen LogP contribution in [0.2, 0.25) is 0 Å². The van der Waals surface area contributed by atoms with Crippen LogP contribution >= 0.6 is 22.9 Å². The molecule has 6 rings (SSSR count). The Bertz CT molecular complexity index is 1030. The minimum atomic E-state index is 0.374. The summed E-state index contributed by atoms with van der Waals surface area (Å²) in [6, 6.07) is 0. The van der Waals surface area contributed by atoms with Gasteiger partial charge in [0.25, 0.3) is 0 Å². The molecule has 0 bridgehead atoms. The SMILES string of the molecule is Nc1nsc(N2CCN(c3nc(C4CC4)nc4sc5c(c34)CCCC5)CC2)n1. The van der Waals surface area contributed by atoms with Crippen molar-refractivity contribution in [2.75, 3.05) is 41.7 Å². The largest absolute Gasteiger partial charge is 0.367 e. The fraction of sp³-hybridized carbons (Fsp3) is 0.579. The summed E-state index contributed by atoms with van der Waals surface area (Å²) < 4.78 is 4.12. The summed E-state index contributed by atoms with van der Waals surface area (Å²) in [4.78, 5) is 22.0. The van der Waals surface area contributed by atoms with E-state index in [1.165, 1.54) is 71.7 Å². The number of nitrogens with two attached hydrogens (primary N) is 1. The number of piperazine rings is 1. The van der Waals surface area contributed by atoms with Crippen molar-refractivity contribution in [1.82, 2.24) is 19.3 Å². The van der Waals surface area contributed by atoms with Gasteiger partial charge in [0.05, 0.1) is 5.39 Å². The van der Waals surface area contributed by atoms with Crippen LogP contribution in [0.3, 0.4) is 0 Å². The average Bonchev–Trinajstić information content (AvgIpc) is 3.38. The average molecular weight is 414 g/mol. The molecule has 0 radical (unpaired) electrons. The van der Waals surface area contributed by atoms with Crippen molar-refractivity contribution in [3.8, 4) is 0 Å². The molecule has 0 amide bonds. The van der Waals surface area contributed by atoms with Crippen LogP contribution in [0.4, 0.5) is 16.9 Å². The molecule has 3 aromatic rings. The Labute approximate surface area is 171 Å². The maximum Gasteiger partial charge on any atom is 0.233 e. The molecule has 1 saturated heterocycles. The van der Waals surface area contributed by atoms with Crippen LogP contribution in [-0.2, 0) is 12.8 Å². The van der Waals surface area contributed by atoms with Crippen molar-refractivity contribution >= 4 is 50.0 Å². The lowest BCUT2D eigenvalue weighted by Crippen LogP contribution is -2.47. The van der Waals surface area contributed by atoms with Crippen LogP contribution in [0.1, 0.15) is 47.9 Å². The molecule has 7 nitrogen and oxygen atoms in total. The highest BCUT2D eigenvalue weighted by Crippen LogP contribution is 2.44. The monoisotopic (exact) mass is 413 g/mol. The van der Waals surface area contributed by atoms with Crippen molar-refractivity contribution in [3.05, 3.63) is 16.3 Å². The van der Waals surface area contributed by atoms with Crippen LogP contribution < -0.4 is 15.5 Å². The van der Waals surface area contributed by atoms with E-state index >= 15 is 0 Å². The van der Waals surface area contributed by atoms with Gasteiger partial charge in [0, 0.05) is 48.5 Å². The molecular weight excluding hydrogens is 390 g/mol. The zero-order valence-corrected chi connectivity index (χ0v) is 17.4. The van der Waals surface area contributed by atoms with Crippen molar-refractivity contribution in [2.24, 2.45) is 0 Å². The Hall–Kier alpha value is -2.00. The number of hydrogen-bond acceptors (Lipinski definition) is 9. The quantitative estimate of drug-likeness (QED) is 0.706. The maximum absolute atomic E-state index is 5.70. The molecule has 28 heavy (non-hydrogen) atoms. The van der Waals surface area contributed by atoms with E-state index in [1.807, 2.05) is 11.3 Å². The van der Waals surface area contributed by atoms with E-state index in [0.29, 0.717) is 11.9 Å². The highest BCUT2D eigenvalue weighted by molar-refractivity contribution is 7.19. The Morgan fingerprint density at radius 1 is 0.929 bits per heavy atom. The molecule has 0 spiro atoms. The van der Waals surface area contributed by atoms with Gasteiger partial charge in [-0.2, -0.15) is 9.36 Å². The number of thiophene rings is 1. The highest BCUT2D eigenvalue weighted by Gasteiger charge is 2.31. The van der Waals surface area contributed by atoms with Crippen molar-refractivity contribution in [3.63, 3.8) is 0 Å². The fourth-order valence-electron chi connectivity index (χ4n) is 4.37. The summed E-state index contributed by atoms with van der Waals surface area (Å²) in [7, 11) is 0. The Morgan fingerprint density at radius 3 is 2.46 bits per heavy atom. The van der Waals surface area contributed by atoms with Gasteiger partial charge >= 0.3 is 0 Å². The number of nitrogens with zero attached hydrogens (tertiary/aromatic N) is 6. The summed E-state index contributed by atoms with van der Waals surface area (Å²) in [5.74, 6) is 3.20. The first-order chi connectivity index (χ1) is 13.8. The first-order valence-corrected chi connectivity index (χ1v) is 11.8. The van der Waals surface area contributed by atoms with E-state index in [-0.39, 0.29) is 0 Å². The Kier molecular flexibility index (Phi) is 3.94. The van der Waals surface area contributed by atoms with E-state index in [2.05, 4.69) is 19.2 Å². The van der Waals surface area contributed by atoms with Gasteiger partial charge in [-0.3, -0.25) is 0 Å². The van der Waals surface area contributed by atoms with Gasteiger partial charge in [-0.05, 0) is 44.1 Å². The van der Waals surface area contributed by atoms with Crippen LogP contribution in [0, 0.1) is 0 Å². The molecule has 4 heterocycles. The standard InChI is InChI=1S/C19H23N7S2/c20-18-23-19(28-24-18)26-9-7-25(8-10-26)16-14-12-3-1-2-4-13(12)27-17(14)22-15(21-16)11-5-6-11/h11H,1-10H2,(H2,20,24). The van der Waals surface area contributed by atoms with E-state index in [1.54, 1.807) is 4.88 Å². The topological polar surface area (TPSA) is 84.1 Å². The minimum Gasteiger partial charge on any atom is -0.367 e. The summed E-state index contributed by atoms with van der Waals surface area (Å²) >= 11 is 3.31. The molecule has 9 heteroatoms. The molecule has 0 aromatic carbocycles. The number of nitrogen functional groups attached to an aromatic ring is 1. The smallest absolute Gasteiger partial charge is 0.233 e. The van der Waals surface area contributed by atoms with Gasteiger partial charge < -0.3 is 15.5 Å². The first kappa shape index (κ1) is 16.9. The maximum atomic E-state index is 5.70. The minimum absolute atomic E-state index is 0.374. The molecular formula is C19H23N7S2. The fourth-order valence-corrected chi connectivity index (χ4v) is 6.28. The molecule has 2 aliphatic carbocycles. The van der Waals surface area contributed by atoms with Gasteiger partial charge in [0.1, 0.15) is 16.5 Å². The van der Waals surface area contributed by atoms with Gasteiger partial charge in [0.2, 0.25) is 11.1 Å². The lowest BCUT2D eigenvalue weighted by molar-refractivity contribution is 0.645. The van der Waals surface area contributed by atoms with E-state index in [9.17, 15) is 0 Å². The number of anilines is 3. The predicted octanol–water partition coefficient (Wildman–Crippen LogP) is 3.21. The zero-order chi connectivity index (χ0) is 18.7. The third-order valence-electron chi connectivity index (χ3n) is 6.04. The van der Waals surface area contributed by atoms with Crippen LogP contribution in [0.25, 0.3) is 10.2 Å². The Balaban J connectivity index is 1.36. The van der Waals surface area contributed by atoms with Crippen molar-refractivity contribution < 1.29 is 0 Å². The number of fused-ring (bicyclic) bond motifs is 3. The van der Waals surface area contributed by atoms with Crippen LogP contribution in [0.5, 0.6) is 0 Å². The molecule has 3 aliphatic rings. The molecule has 2 fully saturated rings. The molecule has 0 unspecified atom stereocenters. The number of hydrogen-bond donors (Lipinski definition) is 1. The lowest BCUT2D eigenvalue weighted by atomic mass is 9.97. The molecule has 0 atom stereocenters. The third-order valence-corrected chi connectivity index (χ3v) is 8.01. The second kappa shape index (κ2) is 6.52. The zero-order valence-electron chi connectivity index (χ0n) is 15.7. The Morgan fingerprint density at radius 2 is 1.71 bits per heavy atom. The molecule has 146 valence electrons. The van der Waals surface area contributed by atoms with Crippen LogP contribution in [0.15, 0.2) is 0 Å². The first-order valence-electron chi connectivity index (χ1n) is 10.2. The molecule has 1 saturated carbocycles. The molecule has 2 N–H and O–H groups in total. The number of rotatable bonds is 3. The number of aromatic nitrogens is 4. The second-order valence-corrected chi connectivity index (χ2v) is 9.79. The van der Waals surface area contributed by atoms with Gasteiger partial charge in [-0.15, -0.1) is 11.3 Å². The summed E-state index contributed by atoms with van der Waals surface area (Å²) in [6.07, 6.45) is 7.46. The van der Waals surface area contributed by atoms with Gasteiger partial charge in [0.15, 0.2) is 0 Å². The third kappa shape index (κ3) is 2.83. The van der Waals surface area contributed by atoms with E-state index < -0.39 is 0 Å². The van der Waals surface area contributed by atoms with Gasteiger partial charge in [-0.25, -0.2) is 9.97 Å². The summed E-state index contributed by atoms with van der Waals surface area (Å²) in [6.45, 7) is 3.73. The lowest BCUT2D eigenvalue weighted by Gasteiger charge is -2.35. The van der Waals surface area contributed by atoms with Gasteiger partial charge in [-0.1, -0.05) is 0 Å². The predicted molar refractivity (Wildman–Crippen MR) is 115 cm³/mol.